The Labute approximate surface area is 92.8 Å². The number of nitrogens with two attached hydrogens (primary N) is 2. The molecular weight excluding hydrogens is 202 g/mol. The molecule has 0 aromatic rings. The molecule has 0 saturated heterocycles. The molecule has 0 aromatic carbocycles. The van der Waals surface area contributed by atoms with Gasteiger partial charge >= 0.3 is 0 Å². The molecule has 1 atom stereocenters. The summed E-state index contributed by atoms with van der Waals surface area (Å²) < 4.78 is 0. The monoisotopic (exact) mass is 213 g/mol. The summed E-state index contributed by atoms with van der Waals surface area (Å²) in [5, 5.41) is 1.40. The summed E-state index contributed by atoms with van der Waals surface area (Å²) in [5.74, 6) is 5.67. The average Bonchev–Trinajstić information content (AvgIpc) is 2.30. The molecule has 2 aliphatic heterocycles. The van der Waals surface area contributed by atoms with Crippen LogP contribution in [0.5, 0.6) is 0 Å². The topological polar surface area (TPSA) is 80.0 Å². The Bertz CT molecular complexity index is 520. The minimum Gasteiger partial charge on any atom is -0.398 e. The maximum atomic E-state index is 5.96. The van der Waals surface area contributed by atoms with Gasteiger partial charge in [0.25, 0.3) is 0 Å². The molecule has 4 N–H and O–H groups in total. The van der Waals surface area contributed by atoms with Crippen molar-refractivity contribution in [2.75, 3.05) is 0 Å². The Balaban J connectivity index is 2.24. The van der Waals surface area contributed by atoms with E-state index in [1.165, 1.54) is 5.01 Å². The first-order valence-electron chi connectivity index (χ1n) is 4.93. The second-order valence-electron chi connectivity index (χ2n) is 3.81. The number of allylic oxidation sites excluding steroid dienone is 3. The maximum absolute atomic E-state index is 5.96. The lowest BCUT2D eigenvalue weighted by atomic mass is 9.80. The molecule has 1 aliphatic carbocycles. The van der Waals surface area contributed by atoms with Crippen LogP contribution >= 0.6 is 0 Å². The third kappa shape index (κ3) is 1.03. The third-order valence-electron chi connectivity index (χ3n) is 2.84. The lowest BCUT2D eigenvalue weighted by molar-refractivity contribution is 0.550. The van der Waals surface area contributed by atoms with E-state index in [-0.39, 0.29) is 0 Å². The minimum atomic E-state index is -0.580. The summed E-state index contributed by atoms with van der Waals surface area (Å²) in [6.45, 7) is 0. The maximum Gasteiger partial charge on any atom is 0.151 e. The second kappa shape index (κ2) is 2.93. The van der Waals surface area contributed by atoms with Crippen LogP contribution < -0.4 is 11.6 Å². The molecule has 0 saturated carbocycles. The highest BCUT2D eigenvalue weighted by Gasteiger charge is 2.41. The van der Waals surface area contributed by atoms with Gasteiger partial charge in [0.2, 0.25) is 0 Å². The molecule has 0 fully saturated rings. The number of dihydropyridines is 1. The molecule has 3 aliphatic rings. The van der Waals surface area contributed by atoms with Gasteiger partial charge in [-0.3, -0.25) is 15.0 Å². The normalized spacial score (nSPS) is 30.3. The van der Waals surface area contributed by atoms with Crippen molar-refractivity contribution in [1.29, 1.82) is 0 Å². The molecule has 1 unspecified atom stereocenters. The highest BCUT2D eigenvalue weighted by Crippen LogP contribution is 2.40. The SMILES string of the molecule is NC1=CC=C2N=CC=CC23N=CN(N)C=C13. The van der Waals surface area contributed by atoms with Crippen LogP contribution in [0.3, 0.4) is 0 Å². The number of aliphatic imine (C=N–C) groups is 2. The molecule has 16 heavy (non-hydrogen) atoms. The van der Waals surface area contributed by atoms with Crippen LogP contribution in [0, 0.1) is 0 Å². The zero-order valence-electron chi connectivity index (χ0n) is 8.54. The number of nitrogens with zero attached hydrogens (tertiary/aromatic N) is 3. The van der Waals surface area contributed by atoms with E-state index in [9.17, 15) is 0 Å². The molecule has 5 heteroatoms. The van der Waals surface area contributed by atoms with Gasteiger partial charge in [0.05, 0.1) is 5.70 Å². The van der Waals surface area contributed by atoms with Gasteiger partial charge in [0.15, 0.2) is 5.54 Å². The van der Waals surface area contributed by atoms with Crippen LogP contribution in [-0.4, -0.2) is 23.1 Å². The average molecular weight is 213 g/mol. The molecule has 0 radical (unpaired) electrons. The third-order valence-corrected chi connectivity index (χ3v) is 2.84. The van der Waals surface area contributed by atoms with E-state index >= 15 is 0 Å². The predicted octanol–water partition coefficient (Wildman–Crippen LogP) is 0.207. The van der Waals surface area contributed by atoms with Crippen molar-refractivity contribution in [3.63, 3.8) is 0 Å². The molecular formula is C11H11N5. The van der Waals surface area contributed by atoms with Crippen LogP contribution in [0.25, 0.3) is 0 Å². The summed E-state index contributed by atoms with van der Waals surface area (Å²) in [6.07, 6.45) is 12.6. The molecule has 0 bridgehead atoms. The summed E-state index contributed by atoms with van der Waals surface area (Å²) in [6, 6.07) is 0. The van der Waals surface area contributed by atoms with Crippen LogP contribution in [0.2, 0.25) is 0 Å². The van der Waals surface area contributed by atoms with Crippen LogP contribution in [0.1, 0.15) is 0 Å². The largest absolute Gasteiger partial charge is 0.398 e. The Kier molecular flexibility index (Phi) is 1.67. The van der Waals surface area contributed by atoms with Gasteiger partial charge in [0.1, 0.15) is 6.34 Å². The minimum absolute atomic E-state index is 0.580. The molecule has 2 heterocycles. The first-order chi connectivity index (χ1) is 7.72. The molecule has 5 nitrogen and oxygen atoms in total. The first-order valence-corrected chi connectivity index (χ1v) is 4.93. The smallest absolute Gasteiger partial charge is 0.151 e. The lowest BCUT2D eigenvalue weighted by Crippen LogP contribution is -2.41. The zero-order valence-corrected chi connectivity index (χ0v) is 8.54. The van der Waals surface area contributed by atoms with E-state index in [0.29, 0.717) is 5.70 Å². The highest BCUT2D eigenvalue weighted by molar-refractivity contribution is 5.79. The summed E-state index contributed by atoms with van der Waals surface area (Å²) in [4.78, 5) is 8.78. The van der Waals surface area contributed by atoms with Crippen molar-refractivity contribution in [3.05, 3.63) is 47.5 Å². The van der Waals surface area contributed by atoms with Gasteiger partial charge in [0, 0.05) is 23.7 Å². The Morgan fingerprint density at radius 3 is 3.06 bits per heavy atom. The molecule has 80 valence electrons. The highest BCUT2D eigenvalue weighted by atomic mass is 15.4. The summed E-state index contributed by atoms with van der Waals surface area (Å²) in [5.41, 5.74) is 7.77. The Morgan fingerprint density at radius 1 is 1.31 bits per heavy atom. The number of hydrazine groups is 1. The van der Waals surface area contributed by atoms with Crippen molar-refractivity contribution in [3.8, 4) is 0 Å². The molecule has 3 rings (SSSR count). The summed E-state index contributed by atoms with van der Waals surface area (Å²) in [7, 11) is 0. The van der Waals surface area contributed by atoms with Crippen molar-refractivity contribution < 1.29 is 0 Å². The van der Waals surface area contributed by atoms with Gasteiger partial charge < -0.3 is 5.73 Å². The lowest BCUT2D eigenvalue weighted by Gasteiger charge is -2.37. The van der Waals surface area contributed by atoms with E-state index in [1.807, 2.05) is 24.3 Å². The van der Waals surface area contributed by atoms with E-state index in [0.717, 1.165) is 11.3 Å². The van der Waals surface area contributed by atoms with Gasteiger partial charge in [-0.05, 0) is 24.3 Å². The number of hydrogen-bond acceptors (Lipinski definition) is 5. The molecule has 0 aromatic heterocycles. The fourth-order valence-corrected chi connectivity index (χ4v) is 2.06. The van der Waals surface area contributed by atoms with Crippen molar-refractivity contribution in [2.45, 2.75) is 5.54 Å². The van der Waals surface area contributed by atoms with Crippen LogP contribution in [0.4, 0.5) is 0 Å². The Morgan fingerprint density at radius 2 is 2.19 bits per heavy atom. The Hall–Kier alpha value is -2.14. The quantitative estimate of drug-likeness (QED) is 0.564. The molecule has 0 amide bonds. The predicted molar refractivity (Wildman–Crippen MR) is 63.3 cm³/mol. The summed E-state index contributed by atoms with van der Waals surface area (Å²) >= 11 is 0. The van der Waals surface area contributed by atoms with Crippen LogP contribution in [-0.2, 0) is 0 Å². The van der Waals surface area contributed by atoms with Gasteiger partial charge in [-0.15, -0.1) is 0 Å². The number of hydrogen-bond donors (Lipinski definition) is 2. The van der Waals surface area contributed by atoms with E-state index in [4.69, 9.17) is 11.6 Å². The zero-order chi connectivity index (χ0) is 11.2. The van der Waals surface area contributed by atoms with E-state index in [2.05, 4.69) is 9.98 Å². The van der Waals surface area contributed by atoms with Crippen LogP contribution in [0.15, 0.2) is 57.5 Å². The van der Waals surface area contributed by atoms with Gasteiger partial charge in [-0.2, -0.15) is 0 Å². The fourth-order valence-electron chi connectivity index (χ4n) is 2.06. The van der Waals surface area contributed by atoms with E-state index < -0.39 is 5.54 Å². The van der Waals surface area contributed by atoms with Gasteiger partial charge in [-0.25, -0.2) is 5.84 Å². The fraction of sp³-hybridized carbons (Fsp3) is 0.0909. The first kappa shape index (κ1) is 9.11. The molecule has 1 spiro atoms. The van der Waals surface area contributed by atoms with Crippen molar-refractivity contribution >= 4 is 12.6 Å². The standard InChI is InChI=1S/C11H11N5/c12-9-2-3-10-11(4-1-5-14-10)8(9)6-16(13)7-15-11/h1-7H,12-13H2. The van der Waals surface area contributed by atoms with E-state index in [1.54, 1.807) is 18.8 Å². The number of rotatable bonds is 0. The van der Waals surface area contributed by atoms with Crippen molar-refractivity contribution in [2.24, 2.45) is 21.6 Å². The van der Waals surface area contributed by atoms with Crippen molar-refractivity contribution in [1.82, 2.24) is 5.01 Å². The van der Waals surface area contributed by atoms with Gasteiger partial charge in [-0.1, -0.05) is 0 Å². The second-order valence-corrected chi connectivity index (χ2v) is 3.81.